The summed E-state index contributed by atoms with van der Waals surface area (Å²) in [5.41, 5.74) is 16.1. The van der Waals surface area contributed by atoms with E-state index in [-0.39, 0.29) is 37.7 Å². The van der Waals surface area contributed by atoms with E-state index in [1.54, 1.807) is 18.5 Å². The summed E-state index contributed by atoms with van der Waals surface area (Å²) in [4.78, 5) is 18.3. The zero-order valence-electron chi connectivity index (χ0n) is 39.4. The van der Waals surface area contributed by atoms with Gasteiger partial charge in [0, 0.05) is 61.6 Å². The second kappa shape index (κ2) is 18.0. The summed E-state index contributed by atoms with van der Waals surface area (Å²) in [5, 5.41) is 0. The molecule has 4 heterocycles. The fourth-order valence-electron chi connectivity index (χ4n) is 9.57. The third-order valence-corrected chi connectivity index (χ3v) is 12.9. The molecule has 7 aromatic carbocycles. The molecular formula is C61H50FN6Pt-3. The number of hydrogen-bond donors (Lipinski definition) is 0. The van der Waals surface area contributed by atoms with E-state index in [4.69, 9.17) is 4.98 Å². The van der Waals surface area contributed by atoms with Crippen molar-refractivity contribution in [3.8, 4) is 33.4 Å². The first kappa shape index (κ1) is 45.4. The normalized spacial score (nSPS) is 12.9. The number of anilines is 10. The van der Waals surface area contributed by atoms with Crippen molar-refractivity contribution in [2.45, 2.75) is 52.4 Å². The molecule has 0 amide bonds. The maximum Gasteiger partial charge on any atom is 0.135 e. The minimum atomic E-state index is -0.336. The van der Waals surface area contributed by atoms with Gasteiger partial charge in [-0.2, -0.15) is 6.07 Å². The maximum atomic E-state index is 15.5. The monoisotopic (exact) mass is 1080 g/mol. The predicted molar refractivity (Wildman–Crippen MR) is 278 cm³/mol. The average molecular weight is 1080 g/mol. The molecule has 0 unspecified atom stereocenters. The van der Waals surface area contributed by atoms with Gasteiger partial charge in [-0.05, 0) is 82.1 Å². The number of fused-ring (bicyclic) bond motifs is 6. The second-order valence-corrected chi connectivity index (χ2v) is 19.4. The molecule has 0 radical (unpaired) electrons. The number of halogens is 1. The Kier molecular flexibility index (Phi) is 11.8. The minimum absolute atomic E-state index is 0. The smallest absolute Gasteiger partial charge is 0.135 e. The number of para-hydroxylation sites is 3. The molecule has 2 aromatic heterocycles. The SMILES string of the molecule is CC(C)(C)c1cc(N2[CH-]N(c3c(-c4ccccc4)cccc3C(C)(C)C)c3ccccc32)[c-]c(N(c2[c-]c3c(cc2)-c2ccccc2-c2ccc(F)cc2N3c2ccccn2)c2cccnc2)c1.[Pt]. The topological polar surface area (TPSA) is 38.7 Å². The fraction of sp³-hybridized carbons (Fsp3) is 0.131. The molecule has 0 saturated carbocycles. The van der Waals surface area contributed by atoms with Gasteiger partial charge < -0.3 is 19.6 Å². The van der Waals surface area contributed by atoms with Crippen LogP contribution in [0.5, 0.6) is 0 Å². The van der Waals surface area contributed by atoms with Gasteiger partial charge in [0.15, 0.2) is 0 Å². The first-order valence-corrected chi connectivity index (χ1v) is 23.1. The number of nitrogens with zero attached hydrogens (tertiary/aromatic N) is 6. The van der Waals surface area contributed by atoms with E-state index in [1.165, 1.54) is 11.6 Å². The van der Waals surface area contributed by atoms with Gasteiger partial charge in [0.25, 0.3) is 0 Å². The first-order valence-electron chi connectivity index (χ1n) is 23.1. The van der Waals surface area contributed by atoms with Crippen LogP contribution < -0.4 is 19.6 Å². The van der Waals surface area contributed by atoms with Crippen molar-refractivity contribution in [2.24, 2.45) is 0 Å². The third-order valence-electron chi connectivity index (χ3n) is 12.9. The van der Waals surface area contributed by atoms with Gasteiger partial charge >= 0.3 is 0 Å². The molecule has 0 bridgehead atoms. The average Bonchev–Trinajstić information content (AvgIpc) is 3.69. The predicted octanol–water partition coefficient (Wildman–Crippen LogP) is 16.5. The van der Waals surface area contributed by atoms with Gasteiger partial charge in [0.05, 0.1) is 17.6 Å². The van der Waals surface area contributed by atoms with Gasteiger partial charge in [0.1, 0.15) is 11.6 Å². The Morgan fingerprint density at radius 3 is 1.96 bits per heavy atom. The number of aromatic nitrogens is 2. The van der Waals surface area contributed by atoms with Crippen LogP contribution in [-0.2, 0) is 31.9 Å². The van der Waals surface area contributed by atoms with Crippen LogP contribution in [0.25, 0.3) is 33.4 Å². The molecule has 0 fully saturated rings. The molecule has 8 heteroatoms. The van der Waals surface area contributed by atoms with E-state index >= 15 is 4.39 Å². The van der Waals surface area contributed by atoms with E-state index < -0.39 is 0 Å². The summed E-state index contributed by atoms with van der Waals surface area (Å²) >= 11 is 0. The standard InChI is InChI=1S/C61H50FN6.Pt/c1-60(2,3)42-34-46(65-40-66(55-26-13-12-25-54(55)65)59-48(41-18-8-7-9-19-41)23-16-24-53(59)61(4,5)6)37-47(35-42)67(45-20-17-32-63-39-45)44-29-31-52-50-22-11-10-21-49(50)51-30-28-43(62)36-56(51)68(57(52)38-44)58-27-14-15-33-64-58;/h7-36,39-40H,1-6H3;/q-3;. The number of hydrogen-bond acceptors (Lipinski definition) is 6. The second-order valence-electron chi connectivity index (χ2n) is 19.4. The van der Waals surface area contributed by atoms with Gasteiger partial charge in [-0.25, -0.2) is 9.37 Å². The Morgan fingerprint density at radius 1 is 0.551 bits per heavy atom. The van der Waals surface area contributed by atoms with Crippen LogP contribution in [0.2, 0.25) is 0 Å². The molecule has 11 rings (SSSR count). The third kappa shape index (κ3) is 8.29. The van der Waals surface area contributed by atoms with Crippen molar-refractivity contribution < 1.29 is 25.5 Å². The van der Waals surface area contributed by atoms with Crippen LogP contribution >= 0.6 is 0 Å². The Morgan fingerprint density at radius 2 is 1.25 bits per heavy atom. The van der Waals surface area contributed by atoms with E-state index in [2.05, 4.69) is 195 Å². The zero-order valence-corrected chi connectivity index (χ0v) is 41.6. The van der Waals surface area contributed by atoms with Crippen LogP contribution in [0.4, 0.5) is 61.4 Å². The molecule has 344 valence electrons. The van der Waals surface area contributed by atoms with Crippen molar-refractivity contribution in [3.63, 3.8) is 0 Å². The molecule has 0 N–H and O–H groups in total. The molecule has 2 aliphatic rings. The molecular weight excluding hydrogens is 1030 g/mol. The quantitative estimate of drug-likeness (QED) is 0.148. The van der Waals surface area contributed by atoms with Crippen LogP contribution in [0.3, 0.4) is 0 Å². The number of benzene rings is 7. The number of rotatable bonds is 7. The molecule has 9 aromatic rings. The molecule has 0 atom stereocenters. The summed E-state index contributed by atoms with van der Waals surface area (Å²) in [7, 11) is 0. The molecule has 2 aliphatic heterocycles. The van der Waals surface area contributed by atoms with Crippen LogP contribution in [0.15, 0.2) is 188 Å². The van der Waals surface area contributed by atoms with Crippen molar-refractivity contribution in [2.75, 3.05) is 19.6 Å². The Labute approximate surface area is 419 Å². The van der Waals surface area contributed by atoms with Crippen LogP contribution in [0.1, 0.15) is 52.7 Å². The molecule has 0 aliphatic carbocycles. The van der Waals surface area contributed by atoms with E-state index in [0.717, 1.165) is 84.4 Å². The van der Waals surface area contributed by atoms with Gasteiger partial charge in [-0.3, -0.25) is 4.98 Å². The van der Waals surface area contributed by atoms with E-state index in [0.29, 0.717) is 11.5 Å². The summed E-state index contributed by atoms with van der Waals surface area (Å²) in [5.74, 6) is 0.312. The summed E-state index contributed by atoms with van der Waals surface area (Å²) in [6.45, 7) is 15.8. The summed E-state index contributed by atoms with van der Waals surface area (Å²) in [6.07, 6.45) is 5.43. The van der Waals surface area contributed by atoms with Gasteiger partial charge in [-0.1, -0.05) is 155 Å². The molecule has 6 nitrogen and oxygen atoms in total. The fourth-order valence-corrected chi connectivity index (χ4v) is 9.57. The van der Waals surface area contributed by atoms with Crippen molar-refractivity contribution in [3.05, 3.63) is 224 Å². The Bertz CT molecular complexity index is 3330. The van der Waals surface area contributed by atoms with Crippen molar-refractivity contribution in [1.29, 1.82) is 0 Å². The molecule has 69 heavy (non-hydrogen) atoms. The Hall–Kier alpha value is -7.34. The molecule has 0 saturated heterocycles. The van der Waals surface area contributed by atoms with E-state index in [1.807, 2.05) is 53.6 Å². The summed E-state index contributed by atoms with van der Waals surface area (Å²) < 4.78 is 15.5. The Balaban J connectivity index is 0.00000553. The van der Waals surface area contributed by atoms with E-state index in [9.17, 15) is 0 Å². The molecule has 0 spiro atoms. The van der Waals surface area contributed by atoms with Gasteiger partial charge in [-0.15, -0.1) is 53.8 Å². The van der Waals surface area contributed by atoms with Gasteiger partial charge in [0.2, 0.25) is 0 Å². The first-order chi connectivity index (χ1) is 32.9. The zero-order chi connectivity index (χ0) is 46.7. The van der Waals surface area contributed by atoms with Crippen molar-refractivity contribution >= 4 is 57.0 Å². The largest absolute Gasteiger partial charge is 0.493 e. The van der Waals surface area contributed by atoms with Crippen LogP contribution in [0, 0.1) is 24.6 Å². The van der Waals surface area contributed by atoms with Crippen LogP contribution in [-0.4, -0.2) is 9.97 Å². The number of pyridine rings is 2. The maximum absolute atomic E-state index is 15.5. The van der Waals surface area contributed by atoms with Crippen molar-refractivity contribution in [1.82, 2.24) is 9.97 Å². The summed E-state index contributed by atoms with van der Waals surface area (Å²) in [6, 6.07) is 65.6. The minimum Gasteiger partial charge on any atom is -0.493 e.